The molecule has 5 nitrogen and oxygen atoms in total. The Hall–Kier alpha value is -1.39. The lowest BCUT2D eigenvalue weighted by atomic mass is 10.5. The number of carbonyl (C=O) groups excluding carboxylic acids is 3. The predicted octanol–water partition coefficient (Wildman–Crippen LogP) is -0.788. The van der Waals surface area contributed by atoms with Crippen molar-refractivity contribution in [3.05, 3.63) is 0 Å². The van der Waals surface area contributed by atoms with Gasteiger partial charge in [-0.25, -0.2) is 4.79 Å². The minimum absolute atomic E-state index is 0.115. The van der Waals surface area contributed by atoms with Crippen LogP contribution in [0.3, 0.4) is 0 Å². The zero-order chi connectivity index (χ0) is 8.85. The first-order valence-electron chi connectivity index (χ1n) is 3.06. The average Bonchev–Trinajstić information content (AvgIpc) is 1.86. The maximum absolute atomic E-state index is 10.5. The van der Waals surface area contributed by atoms with Gasteiger partial charge in [-0.2, -0.15) is 0 Å². The van der Waals surface area contributed by atoms with Crippen LogP contribution >= 0.6 is 0 Å². The van der Waals surface area contributed by atoms with Gasteiger partial charge < -0.3 is 4.74 Å². The van der Waals surface area contributed by atoms with Gasteiger partial charge in [0.05, 0.1) is 6.61 Å². The third-order valence-corrected chi connectivity index (χ3v) is 0.750. The molecular weight excluding hydrogens is 150 g/mol. The van der Waals surface area contributed by atoms with Crippen molar-refractivity contribution in [3.63, 3.8) is 0 Å². The fourth-order valence-electron chi connectivity index (χ4n) is 0.408. The van der Waals surface area contributed by atoms with Crippen LogP contribution in [-0.4, -0.2) is 24.4 Å². The van der Waals surface area contributed by atoms with Crippen LogP contribution in [0.5, 0.6) is 0 Å². The van der Waals surface area contributed by atoms with Gasteiger partial charge in [-0.15, -0.1) is 0 Å². The first kappa shape index (κ1) is 9.61. The van der Waals surface area contributed by atoms with Crippen LogP contribution in [0.2, 0.25) is 0 Å². The Morgan fingerprint density at radius 2 is 1.91 bits per heavy atom. The maximum Gasteiger partial charge on any atom is 0.397 e. The van der Waals surface area contributed by atoms with E-state index in [0.29, 0.717) is 0 Å². The number of hydrogen-bond acceptors (Lipinski definition) is 4. The van der Waals surface area contributed by atoms with E-state index >= 15 is 0 Å². The largest absolute Gasteiger partial charge is 0.459 e. The Labute approximate surface area is 63.7 Å². The maximum atomic E-state index is 10.5. The van der Waals surface area contributed by atoms with Crippen LogP contribution in [0.4, 0.5) is 0 Å². The van der Waals surface area contributed by atoms with Crippen LogP contribution in [0.25, 0.3) is 0 Å². The number of esters is 1. The van der Waals surface area contributed by atoms with Crippen molar-refractivity contribution in [2.24, 2.45) is 0 Å². The second kappa shape index (κ2) is 4.43. The lowest BCUT2D eigenvalue weighted by molar-refractivity contribution is -0.155. The molecule has 0 saturated carbocycles. The number of nitrogens with one attached hydrogen (secondary N) is 1. The lowest BCUT2D eigenvalue weighted by Gasteiger charge is -1.99. The molecule has 0 rings (SSSR count). The summed E-state index contributed by atoms with van der Waals surface area (Å²) >= 11 is 0. The van der Waals surface area contributed by atoms with Gasteiger partial charge in [-0.1, -0.05) is 0 Å². The van der Waals surface area contributed by atoms with Gasteiger partial charge in [-0.3, -0.25) is 14.9 Å². The molecule has 0 fully saturated rings. The van der Waals surface area contributed by atoms with Crippen molar-refractivity contribution in [3.8, 4) is 0 Å². The minimum atomic E-state index is -1.04. The summed E-state index contributed by atoms with van der Waals surface area (Å²) < 4.78 is 4.30. The molecule has 0 aliphatic rings. The summed E-state index contributed by atoms with van der Waals surface area (Å²) in [4.78, 5) is 31.3. The Balaban J connectivity index is 3.83. The quantitative estimate of drug-likeness (QED) is 0.402. The van der Waals surface area contributed by atoms with Crippen molar-refractivity contribution in [1.82, 2.24) is 5.32 Å². The zero-order valence-electron chi connectivity index (χ0n) is 6.34. The number of imide groups is 1. The van der Waals surface area contributed by atoms with Crippen molar-refractivity contribution in [2.45, 2.75) is 13.8 Å². The third kappa shape index (κ3) is 4.07. The van der Waals surface area contributed by atoms with E-state index in [2.05, 4.69) is 4.74 Å². The second-order valence-corrected chi connectivity index (χ2v) is 1.73. The number of rotatable bonds is 1. The highest BCUT2D eigenvalue weighted by molar-refractivity contribution is 6.35. The van der Waals surface area contributed by atoms with Gasteiger partial charge in [0.25, 0.3) is 0 Å². The normalized spacial score (nSPS) is 8.55. The monoisotopic (exact) mass is 159 g/mol. The van der Waals surface area contributed by atoms with Gasteiger partial charge in [0, 0.05) is 6.92 Å². The second-order valence-electron chi connectivity index (χ2n) is 1.73. The minimum Gasteiger partial charge on any atom is -0.459 e. The van der Waals surface area contributed by atoms with E-state index in [-0.39, 0.29) is 6.61 Å². The van der Waals surface area contributed by atoms with E-state index in [1.807, 2.05) is 0 Å². The summed E-state index contributed by atoms with van der Waals surface area (Å²) in [5.74, 6) is -2.65. The Bertz CT molecular complexity index is 187. The molecule has 2 amide bonds. The first-order valence-corrected chi connectivity index (χ1v) is 3.06. The van der Waals surface area contributed by atoms with Gasteiger partial charge in [0.1, 0.15) is 0 Å². The highest BCUT2D eigenvalue weighted by Gasteiger charge is 2.14. The molecule has 0 aromatic heterocycles. The first-order chi connectivity index (χ1) is 5.07. The Kier molecular flexibility index (Phi) is 3.87. The Morgan fingerprint density at radius 1 is 1.36 bits per heavy atom. The summed E-state index contributed by atoms with van der Waals surface area (Å²) in [7, 11) is 0. The topological polar surface area (TPSA) is 72.5 Å². The summed E-state index contributed by atoms with van der Waals surface area (Å²) in [6.45, 7) is 2.82. The molecule has 0 aromatic carbocycles. The summed E-state index contributed by atoms with van der Waals surface area (Å²) in [6, 6.07) is 0. The standard InChI is InChI=1S/C6H9NO4/c1-3-11-6(10)5(9)7-4(2)8/h3H2,1-2H3,(H,7,8,9). The third-order valence-electron chi connectivity index (χ3n) is 0.750. The molecule has 1 N–H and O–H groups in total. The van der Waals surface area contributed by atoms with Crippen LogP contribution < -0.4 is 5.32 Å². The predicted molar refractivity (Wildman–Crippen MR) is 35.5 cm³/mol. The molecule has 0 spiro atoms. The van der Waals surface area contributed by atoms with Gasteiger partial charge in [0.15, 0.2) is 0 Å². The zero-order valence-corrected chi connectivity index (χ0v) is 6.34. The molecule has 0 aliphatic heterocycles. The number of hydrogen-bond donors (Lipinski definition) is 1. The Morgan fingerprint density at radius 3 is 2.27 bits per heavy atom. The number of carbonyl (C=O) groups is 3. The van der Waals surface area contributed by atoms with Gasteiger partial charge in [0.2, 0.25) is 5.91 Å². The molecule has 0 aliphatic carbocycles. The van der Waals surface area contributed by atoms with Crippen molar-refractivity contribution < 1.29 is 19.1 Å². The summed E-state index contributed by atoms with van der Waals surface area (Å²) in [5.41, 5.74) is 0. The molecular formula is C6H9NO4. The molecule has 0 atom stereocenters. The SMILES string of the molecule is CCOC(=O)C(=O)NC(C)=O. The fourth-order valence-corrected chi connectivity index (χ4v) is 0.408. The van der Waals surface area contributed by atoms with E-state index < -0.39 is 17.8 Å². The molecule has 0 aromatic rings. The fraction of sp³-hybridized carbons (Fsp3) is 0.500. The average molecular weight is 159 g/mol. The van der Waals surface area contributed by atoms with Crippen LogP contribution in [0, 0.1) is 0 Å². The number of ether oxygens (including phenoxy) is 1. The molecule has 0 unspecified atom stereocenters. The smallest absolute Gasteiger partial charge is 0.397 e. The van der Waals surface area contributed by atoms with E-state index in [1.165, 1.54) is 0 Å². The molecule has 62 valence electrons. The molecule has 11 heavy (non-hydrogen) atoms. The highest BCUT2D eigenvalue weighted by Crippen LogP contribution is 1.77. The van der Waals surface area contributed by atoms with Crippen LogP contribution in [0.15, 0.2) is 0 Å². The molecule has 0 bridgehead atoms. The van der Waals surface area contributed by atoms with Crippen molar-refractivity contribution in [2.75, 3.05) is 6.61 Å². The highest BCUT2D eigenvalue weighted by atomic mass is 16.5. The van der Waals surface area contributed by atoms with E-state index in [0.717, 1.165) is 6.92 Å². The van der Waals surface area contributed by atoms with Crippen LogP contribution in [-0.2, 0) is 19.1 Å². The van der Waals surface area contributed by atoms with Crippen molar-refractivity contribution >= 4 is 17.8 Å². The van der Waals surface area contributed by atoms with Crippen molar-refractivity contribution in [1.29, 1.82) is 0 Å². The summed E-state index contributed by atoms with van der Waals surface area (Å²) in [6.07, 6.45) is 0. The number of amides is 2. The van der Waals surface area contributed by atoms with Gasteiger partial charge in [-0.05, 0) is 6.92 Å². The molecule has 0 radical (unpaired) electrons. The van der Waals surface area contributed by atoms with Crippen LogP contribution in [0.1, 0.15) is 13.8 Å². The lowest BCUT2D eigenvalue weighted by Crippen LogP contribution is -2.35. The molecule has 0 heterocycles. The molecule has 5 heteroatoms. The van der Waals surface area contributed by atoms with E-state index in [1.54, 1.807) is 12.2 Å². The molecule has 0 saturated heterocycles. The van der Waals surface area contributed by atoms with E-state index in [4.69, 9.17) is 0 Å². The summed E-state index contributed by atoms with van der Waals surface area (Å²) in [5, 5.41) is 1.77. The van der Waals surface area contributed by atoms with E-state index in [9.17, 15) is 14.4 Å². The van der Waals surface area contributed by atoms with Gasteiger partial charge >= 0.3 is 11.9 Å².